The standard InChI is InChI=1S/C9H11BrN2O2/c1-2-11-9(13)6-14-7-3-4-8(10)12-5-7/h3-5H,2,6H2,1H3,(H,11,13). The highest BCUT2D eigenvalue weighted by molar-refractivity contribution is 9.10. The van der Waals surface area contributed by atoms with Gasteiger partial charge >= 0.3 is 0 Å². The maximum atomic E-state index is 11.0. The summed E-state index contributed by atoms with van der Waals surface area (Å²) in [6.07, 6.45) is 1.56. The lowest BCUT2D eigenvalue weighted by Crippen LogP contribution is -2.28. The number of ether oxygens (including phenoxy) is 1. The summed E-state index contributed by atoms with van der Waals surface area (Å²) in [7, 11) is 0. The molecule has 1 amide bonds. The first kappa shape index (κ1) is 11.0. The first-order valence-electron chi connectivity index (χ1n) is 4.23. The molecule has 0 saturated carbocycles. The van der Waals surface area contributed by atoms with E-state index in [1.54, 1.807) is 18.3 Å². The molecule has 0 atom stereocenters. The molecule has 0 fully saturated rings. The number of amides is 1. The number of halogens is 1. The summed E-state index contributed by atoms with van der Waals surface area (Å²) in [5, 5.41) is 2.63. The molecule has 1 aromatic rings. The maximum Gasteiger partial charge on any atom is 0.257 e. The molecule has 0 aliphatic carbocycles. The number of carbonyl (C=O) groups is 1. The van der Waals surface area contributed by atoms with Crippen LogP contribution in [0.25, 0.3) is 0 Å². The van der Waals surface area contributed by atoms with Crippen molar-refractivity contribution in [1.29, 1.82) is 0 Å². The summed E-state index contributed by atoms with van der Waals surface area (Å²) >= 11 is 3.20. The van der Waals surface area contributed by atoms with Crippen LogP contribution in [-0.2, 0) is 4.79 Å². The Kier molecular flexibility index (Phi) is 4.39. The van der Waals surface area contributed by atoms with Crippen LogP contribution < -0.4 is 10.1 Å². The minimum absolute atomic E-state index is 0.0250. The second kappa shape index (κ2) is 5.59. The van der Waals surface area contributed by atoms with Crippen molar-refractivity contribution in [2.75, 3.05) is 13.2 Å². The Morgan fingerprint density at radius 1 is 1.64 bits per heavy atom. The number of likely N-dealkylation sites (N-methyl/N-ethyl adjacent to an activating group) is 1. The van der Waals surface area contributed by atoms with E-state index in [0.717, 1.165) is 4.60 Å². The lowest BCUT2D eigenvalue weighted by atomic mass is 10.5. The van der Waals surface area contributed by atoms with Gasteiger partial charge in [0.1, 0.15) is 10.4 Å². The number of nitrogens with zero attached hydrogens (tertiary/aromatic N) is 1. The second-order valence-corrected chi connectivity index (χ2v) is 3.37. The van der Waals surface area contributed by atoms with Gasteiger partial charge in [-0.1, -0.05) is 0 Å². The Balaban J connectivity index is 2.38. The number of hydrogen-bond acceptors (Lipinski definition) is 3. The molecule has 5 heteroatoms. The number of aromatic nitrogens is 1. The number of nitrogens with one attached hydrogen (secondary N) is 1. The lowest BCUT2D eigenvalue weighted by Gasteiger charge is -2.05. The molecule has 0 aromatic carbocycles. The Labute approximate surface area is 90.8 Å². The number of rotatable bonds is 4. The molecule has 1 N–H and O–H groups in total. The SMILES string of the molecule is CCNC(=O)COc1ccc(Br)nc1. The van der Waals surface area contributed by atoms with E-state index in [4.69, 9.17) is 4.74 Å². The van der Waals surface area contributed by atoms with Gasteiger partial charge in [0.25, 0.3) is 5.91 Å². The molecule has 0 aliphatic rings. The molecular formula is C9H11BrN2O2. The fourth-order valence-corrected chi connectivity index (χ4v) is 1.08. The zero-order chi connectivity index (χ0) is 10.4. The summed E-state index contributed by atoms with van der Waals surface area (Å²) < 4.78 is 5.92. The van der Waals surface area contributed by atoms with E-state index >= 15 is 0 Å². The van der Waals surface area contributed by atoms with Crippen molar-refractivity contribution in [1.82, 2.24) is 10.3 Å². The van der Waals surface area contributed by atoms with Gasteiger partial charge in [-0.15, -0.1) is 0 Å². The van der Waals surface area contributed by atoms with Crippen molar-refractivity contribution in [2.45, 2.75) is 6.92 Å². The smallest absolute Gasteiger partial charge is 0.257 e. The fraction of sp³-hybridized carbons (Fsp3) is 0.333. The zero-order valence-electron chi connectivity index (χ0n) is 7.79. The third-order valence-electron chi connectivity index (χ3n) is 1.44. The average molecular weight is 259 g/mol. The number of carbonyl (C=O) groups excluding carboxylic acids is 1. The van der Waals surface area contributed by atoms with Crippen molar-refractivity contribution in [3.05, 3.63) is 22.9 Å². The summed E-state index contributed by atoms with van der Waals surface area (Å²) in [4.78, 5) is 15.0. The molecule has 14 heavy (non-hydrogen) atoms. The molecule has 76 valence electrons. The maximum absolute atomic E-state index is 11.0. The van der Waals surface area contributed by atoms with E-state index in [1.165, 1.54) is 0 Å². The minimum atomic E-state index is -0.129. The molecule has 1 heterocycles. The molecule has 0 spiro atoms. The van der Waals surface area contributed by atoms with Gasteiger partial charge in [0, 0.05) is 6.54 Å². The highest BCUT2D eigenvalue weighted by Crippen LogP contribution is 2.12. The summed E-state index contributed by atoms with van der Waals surface area (Å²) in [5.41, 5.74) is 0. The highest BCUT2D eigenvalue weighted by atomic mass is 79.9. The van der Waals surface area contributed by atoms with Crippen LogP contribution in [0.2, 0.25) is 0 Å². The Bertz CT molecular complexity index is 300. The van der Waals surface area contributed by atoms with Crippen LogP contribution in [0, 0.1) is 0 Å². The van der Waals surface area contributed by atoms with Crippen LogP contribution in [-0.4, -0.2) is 24.0 Å². The molecule has 0 bridgehead atoms. The van der Waals surface area contributed by atoms with E-state index < -0.39 is 0 Å². The van der Waals surface area contributed by atoms with Crippen molar-refractivity contribution < 1.29 is 9.53 Å². The molecule has 1 rings (SSSR count). The van der Waals surface area contributed by atoms with Crippen LogP contribution in [0.15, 0.2) is 22.9 Å². The largest absolute Gasteiger partial charge is 0.482 e. The van der Waals surface area contributed by atoms with Crippen LogP contribution in [0.3, 0.4) is 0 Å². The van der Waals surface area contributed by atoms with Gasteiger partial charge in [-0.2, -0.15) is 0 Å². The first-order chi connectivity index (χ1) is 6.72. The Hall–Kier alpha value is -1.10. The minimum Gasteiger partial charge on any atom is -0.482 e. The van der Waals surface area contributed by atoms with Gasteiger partial charge in [-0.3, -0.25) is 4.79 Å². The van der Waals surface area contributed by atoms with Crippen LogP contribution in [0.5, 0.6) is 5.75 Å². The van der Waals surface area contributed by atoms with Crippen LogP contribution >= 0.6 is 15.9 Å². The monoisotopic (exact) mass is 258 g/mol. The normalized spacial score (nSPS) is 9.57. The van der Waals surface area contributed by atoms with E-state index in [-0.39, 0.29) is 12.5 Å². The fourth-order valence-electron chi connectivity index (χ4n) is 0.845. The van der Waals surface area contributed by atoms with Gasteiger partial charge < -0.3 is 10.1 Å². The van der Waals surface area contributed by atoms with E-state index in [9.17, 15) is 4.79 Å². The first-order valence-corrected chi connectivity index (χ1v) is 5.02. The van der Waals surface area contributed by atoms with Gasteiger partial charge in [-0.25, -0.2) is 4.98 Å². The van der Waals surface area contributed by atoms with Crippen molar-refractivity contribution in [3.63, 3.8) is 0 Å². The average Bonchev–Trinajstić information content (AvgIpc) is 2.17. The number of pyridine rings is 1. The topological polar surface area (TPSA) is 51.2 Å². The van der Waals surface area contributed by atoms with Gasteiger partial charge in [0.15, 0.2) is 6.61 Å². The molecule has 1 aromatic heterocycles. The summed E-state index contributed by atoms with van der Waals surface area (Å²) in [6.45, 7) is 2.50. The van der Waals surface area contributed by atoms with E-state index in [2.05, 4.69) is 26.2 Å². The van der Waals surface area contributed by atoms with Crippen LogP contribution in [0.1, 0.15) is 6.92 Å². The van der Waals surface area contributed by atoms with Gasteiger partial charge in [0.05, 0.1) is 6.20 Å². The van der Waals surface area contributed by atoms with Crippen molar-refractivity contribution in [3.8, 4) is 5.75 Å². The predicted octanol–water partition coefficient (Wildman–Crippen LogP) is 1.36. The quantitative estimate of drug-likeness (QED) is 0.830. The predicted molar refractivity (Wildman–Crippen MR) is 56.1 cm³/mol. The van der Waals surface area contributed by atoms with Crippen molar-refractivity contribution >= 4 is 21.8 Å². The Morgan fingerprint density at radius 3 is 3.00 bits per heavy atom. The van der Waals surface area contributed by atoms with Gasteiger partial charge in [-0.05, 0) is 35.0 Å². The molecule has 4 nitrogen and oxygen atoms in total. The Morgan fingerprint density at radius 2 is 2.43 bits per heavy atom. The summed E-state index contributed by atoms with van der Waals surface area (Å²) in [6, 6.07) is 3.50. The zero-order valence-corrected chi connectivity index (χ0v) is 9.37. The second-order valence-electron chi connectivity index (χ2n) is 2.56. The third kappa shape index (κ3) is 3.74. The number of hydrogen-bond donors (Lipinski definition) is 1. The molecule has 0 radical (unpaired) electrons. The third-order valence-corrected chi connectivity index (χ3v) is 1.91. The molecule has 0 aliphatic heterocycles. The summed E-state index contributed by atoms with van der Waals surface area (Å²) in [5.74, 6) is 0.454. The highest BCUT2D eigenvalue weighted by Gasteiger charge is 2.00. The van der Waals surface area contributed by atoms with E-state index in [0.29, 0.717) is 12.3 Å². The van der Waals surface area contributed by atoms with E-state index in [1.807, 2.05) is 6.92 Å². The molecule has 0 saturated heterocycles. The lowest BCUT2D eigenvalue weighted by molar-refractivity contribution is -0.122. The molecule has 0 unspecified atom stereocenters. The molecular weight excluding hydrogens is 248 g/mol. The van der Waals surface area contributed by atoms with Gasteiger partial charge in [0.2, 0.25) is 0 Å². The van der Waals surface area contributed by atoms with Crippen LogP contribution in [0.4, 0.5) is 0 Å². The van der Waals surface area contributed by atoms with Crippen molar-refractivity contribution in [2.24, 2.45) is 0 Å².